The van der Waals surface area contributed by atoms with Crippen molar-refractivity contribution < 1.29 is 14.3 Å². The van der Waals surface area contributed by atoms with Gasteiger partial charge in [0, 0.05) is 5.92 Å². The molecule has 0 aromatic carbocycles. The Labute approximate surface area is 108 Å². The second-order valence-electron chi connectivity index (χ2n) is 4.80. The quantitative estimate of drug-likeness (QED) is 0.554. The predicted molar refractivity (Wildman–Crippen MR) is 66.5 cm³/mol. The fourth-order valence-electron chi connectivity index (χ4n) is 2.76. The molecular weight excluding hydrogens is 230 g/mol. The van der Waals surface area contributed by atoms with Crippen molar-refractivity contribution in [1.29, 1.82) is 5.26 Å². The van der Waals surface area contributed by atoms with E-state index in [1.807, 2.05) is 13.8 Å². The molecule has 0 amide bonds. The third kappa shape index (κ3) is 2.17. The van der Waals surface area contributed by atoms with Gasteiger partial charge in [-0.15, -0.1) is 0 Å². The average molecular weight is 249 g/mol. The van der Waals surface area contributed by atoms with Gasteiger partial charge in [0.15, 0.2) is 5.41 Å². The van der Waals surface area contributed by atoms with Crippen molar-refractivity contribution in [2.75, 3.05) is 7.11 Å². The Morgan fingerprint density at radius 1 is 1.67 bits per heavy atom. The maximum absolute atomic E-state index is 12.0. The normalized spacial score (nSPS) is 26.9. The van der Waals surface area contributed by atoms with Crippen molar-refractivity contribution in [3.8, 4) is 6.07 Å². The zero-order chi connectivity index (χ0) is 13.8. The van der Waals surface area contributed by atoms with Gasteiger partial charge in [-0.3, -0.25) is 9.59 Å². The molecule has 2 atom stereocenters. The van der Waals surface area contributed by atoms with Gasteiger partial charge in [-0.05, 0) is 25.3 Å². The third-order valence-corrected chi connectivity index (χ3v) is 3.73. The van der Waals surface area contributed by atoms with Gasteiger partial charge in [-0.2, -0.15) is 5.26 Å². The smallest absolute Gasteiger partial charge is 0.327 e. The molecule has 0 aromatic heterocycles. The molecule has 4 nitrogen and oxygen atoms in total. The molecule has 1 aliphatic carbocycles. The van der Waals surface area contributed by atoms with Gasteiger partial charge >= 0.3 is 5.97 Å². The molecule has 0 radical (unpaired) electrons. The molecule has 98 valence electrons. The molecule has 0 fully saturated rings. The first-order valence-corrected chi connectivity index (χ1v) is 6.21. The van der Waals surface area contributed by atoms with Crippen molar-refractivity contribution in [2.45, 2.75) is 39.5 Å². The van der Waals surface area contributed by atoms with Gasteiger partial charge in [0.25, 0.3) is 0 Å². The van der Waals surface area contributed by atoms with E-state index in [4.69, 9.17) is 4.74 Å². The number of esters is 1. The lowest BCUT2D eigenvalue weighted by Crippen LogP contribution is -2.36. The lowest BCUT2D eigenvalue weighted by Gasteiger charge is -2.26. The molecule has 18 heavy (non-hydrogen) atoms. The highest BCUT2D eigenvalue weighted by Gasteiger charge is 2.53. The molecule has 0 bridgehead atoms. The second kappa shape index (κ2) is 5.81. The van der Waals surface area contributed by atoms with Gasteiger partial charge in [-0.1, -0.05) is 25.3 Å². The van der Waals surface area contributed by atoms with Crippen LogP contribution in [0.2, 0.25) is 0 Å². The number of carbonyl (C=O) groups excluding carboxylic acids is 2. The third-order valence-electron chi connectivity index (χ3n) is 3.73. The van der Waals surface area contributed by atoms with Crippen LogP contribution in [0.5, 0.6) is 0 Å². The highest BCUT2D eigenvalue weighted by atomic mass is 16.5. The highest BCUT2D eigenvalue weighted by Crippen LogP contribution is 2.48. The second-order valence-corrected chi connectivity index (χ2v) is 4.80. The summed E-state index contributed by atoms with van der Waals surface area (Å²) in [5.41, 5.74) is 0.234. The molecule has 0 aliphatic heterocycles. The van der Waals surface area contributed by atoms with E-state index >= 15 is 0 Å². The van der Waals surface area contributed by atoms with Crippen LogP contribution < -0.4 is 0 Å². The summed E-state index contributed by atoms with van der Waals surface area (Å²) in [6, 6.07) is 2.11. The van der Waals surface area contributed by atoms with Crippen LogP contribution >= 0.6 is 0 Å². The Kier molecular flexibility index (Phi) is 4.66. The Hall–Kier alpha value is -1.63. The van der Waals surface area contributed by atoms with E-state index in [-0.39, 0.29) is 5.92 Å². The zero-order valence-electron chi connectivity index (χ0n) is 11.2. The fourth-order valence-corrected chi connectivity index (χ4v) is 2.76. The molecule has 0 heterocycles. The first-order chi connectivity index (χ1) is 8.57. The van der Waals surface area contributed by atoms with E-state index in [1.54, 1.807) is 0 Å². The Bertz CT molecular complexity index is 419. The Balaban J connectivity index is 3.17. The van der Waals surface area contributed by atoms with Gasteiger partial charge < -0.3 is 4.74 Å². The van der Waals surface area contributed by atoms with Crippen molar-refractivity contribution >= 4 is 12.3 Å². The summed E-state index contributed by atoms with van der Waals surface area (Å²) >= 11 is 0. The number of hydrogen-bond donors (Lipinski definition) is 0. The van der Waals surface area contributed by atoms with Gasteiger partial charge in [-0.25, -0.2) is 0 Å². The zero-order valence-corrected chi connectivity index (χ0v) is 11.2. The van der Waals surface area contributed by atoms with Gasteiger partial charge in [0.1, 0.15) is 6.29 Å². The monoisotopic (exact) mass is 249 g/mol. The summed E-state index contributed by atoms with van der Waals surface area (Å²) in [4.78, 5) is 23.1. The number of rotatable bonds is 5. The number of nitriles is 1. The van der Waals surface area contributed by atoms with Crippen LogP contribution in [0.4, 0.5) is 0 Å². The fraction of sp³-hybridized carbons (Fsp3) is 0.643. The molecule has 0 N–H and O–H groups in total. The maximum Gasteiger partial charge on any atom is 0.327 e. The number of nitrogens with zero attached hydrogens (tertiary/aromatic N) is 1. The largest absolute Gasteiger partial charge is 0.468 e. The summed E-state index contributed by atoms with van der Waals surface area (Å²) in [5, 5.41) is 9.43. The van der Waals surface area contributed by atoms with Crippen LogP contribution in [0.1, 0.15) is 39.5 Å². The summed E-state index contributed by atoms with van der Waals surface area (Å²) < 4.78 is 4.78. The number of carbonyl (C=O) groups is 2. The lowest BCUT2D eigenvalue weighted by atomic mass is 9.74. The van der Waals surface area contributed by atoms with E-state index in [2.05, 4.69) is 6.07 Å². The summed E-state index contributed by atoms with van der Waals surface area (Å²) in [7, 11) is 1.28. The SMILES string of the molecule is CCCC[C@@H]1C(C=O)=C(C)C[C@@]1(C#N)C(=O)OC. The van der Waals surface area contributed by atoms with Crippen molar-refractivity contribution in [3.63, 3.8) is 0 Å². The minimum atomic E-state index is -1.20. The standard InChI is InChI=1S/C14H19NO3/c1-4-5-6-12-11(8-16)10(2)7-14(12,9-15)13(17)18-3/h8,12H,4-7H2,1-3H3/t12-,14+/m1/s1. The minimum absolute atomic E-state index is 0.304. The molecule has 4 heteroatoms. The first kappa shape index (κ1) is 14.4. The van der Waals surface area contributed by atoms with E-state index < -0.39 is 11.4 Å². The Morgan fingerprint density at radius 2 is 2.33 bits per heavy atom. The van der Waals surface area contributed by atoms with Crippen LogP contribution in [0.15, 0.2) is 11.1 Å². The van der Waals surface area contributed by atoms with Crippen LogP contribution in [-0.2, 0) is 14.3 Å². The number of unbranched alkanes of at least 4 members (excludes halogenated alkanes) is 1. The van der Waals surface area contributed by atoms with E-state index in [1.165, 1.54) is 7.11 Å². The summed E-state index contributed by atoms with van der Waals surface area (Å²) in [6.45, 7) is 3.85. The topological polar surface area (TPSA) is 67.2 Å². The molecule has 0 spiro atoms. The molecule has 0 saturated carbocycles. The number of aldehydes is 1. The number of methoxy groups -OCH3 is 1. The molecule has 1 rings (SSSR count). The average Bonchev–Trinajstić information content (AvgIpc) is 2.67. The van der Waals surface area contributed by atoms with E-state index in [0.717, 1.165) is 24.7 Å². The maximum atomic E-state index is 12.0. The van der Waals surface area contributed by atoms with Crippen LogP contribution in [0.3, 0.4) is 0 Å². The van der Waals surface area contributed by atoms with Crippen molar-refractivity contribution in [1.82, 2.24) is 0 Å². The Morgan fingerprint density at radius 3 is 2.78 bits per heavy atom. The molecular formula is C14H19NO3. The van der Waals surface area contributed by atoms with E-state index in [9.17, 15) is 14.9 Å². The number of hydrogen-bond acceptors (Lipinski definition) is 4. The van der Waals surface area contributed by atoms with Gasteiger partial charge in [0.05, 0.1) is 13.2 Å². The van der Waals surface area contributed by atoms with E-state index in [0.29, 0.717) is 18.4 Å². The van der Waals surface area contributed by atoms with Crippen LogP contribution in [-0.4, -0.2) is 19.4 Å². The number of ether oxygens (including phenoxy) is 1. The lowest BCUT2D eigenvalue weighted by molar-refractivity contribution is -0.151. The van der Waals surface area contributed by atoms with Crippen molar-refractivity contribution in [2.24, 2.45) is 11.3 Å². The van der Waals surface area contributed by atoms with Crippen molar-refractivity contribution in [3.05, 3.63) is 11.1 Å². The molecule has 0 saturated heterocycles. The van der Waals surface area contributed by atoms with Gasteiger partial charge in [0.2, 0.25) is 0 Å². The molecule has 0 aromatic rings. The summed E-state index contributed by atoms with van der Waals surface area (Å²) in [6.07, 6.45) is 3.61. The summed E-state index contributed by atoms with van der Waals surface area (Å²) in [5.74, 6) is -0.852. The molecule has 0 unspecified atom stereocenters. The predicted octanol–water partition coefficient (Wildman–Crippen LogP) is 2.39. The van der Waals surface area contributed by atoms with Crippen LogP contribution in [0.25, 0.3) is 0 Å². The minimum Gasteiger partial charge on any atom is -0.468 e. The van der Waals surface area contributed by atoms with Crippen LogP contribution in [0, 0.1) is 22.7 Å². The first-order valence-electron chi connectivity index (χ1n) is 6.21. The highest BCUT2D eigenvalue weighted by molar-refractivity contribution is 5.87. The number of allylic oxidation sites excluding steroid dienone is 2. The molecule has 1 aliphatic rings.